The predicted molar refractivity (Wildman–Crippen MR) is 150 cm³/mol. The number of hydrogen-bond donors (Lipinski definition) is 2. The number of phenols is 1. The van der Waals surface area contributed by atoms with E-state index in [4.69, 9.17) is 21.1 Å². The first-order valence-electron chi connectivity index (χ1n) is 13.4. The number of alkyl halides is 1. The van der Waals surface area contributed by atoms with Crippen molar-refractivity contribution in [1.29, 1.82) is 0 Å². The zero-order chi connectivity index (χ0) is 26.1. The van der Waals surface area contributed by atoms with Gasteiger partial charge in [-0.15, -0.1) is 0 Å². The minimum Gasteiger partial charge on any atom is -0.506 e. The van der Waals surface area contributed by atoms with Crippen LogP contribution in [-0.2, 0) is 6.42 Å². The van der Waals surface area contributed by atoms with E-state index in [2.05, 4.69) is 40.5 Å². The van der Waals surface area contributed by atoms with Crippen molar-refractivity contribution in [3.8, 4) is 17.2 Å². The number of ether oxygens (including phenoxy) is 2. The number of rotatable bonds is 7. The van der Waals surface area contributed by atoms with Crippen LogP contribution in [0.4, 0.5) is 10.1 Å². The lowest BCUT2D eigenvalue weighted by Gasteiger charge is -2.18. The Morgan fingerprint density at radius 3 is 2.76 bits per heavy atom. The van der Waals surface area contributed by atoms with Crippen molar-refractivity contribution in [1.82, 2.24) is 4.90 Å². The van der Waals surface area contributed by atoms with Crippen LogP contribution in [0.3, 0.4) is 0 Å². The van der Waals surface area contributed by atoms with E-state index in [-0.39, 0.29) is 18.5 Å². The third-order valence-electron chi connectivity index (χ3n) is 7.68. The van der Waals surface area contributed by atoms with Gasteiger partial charge in [-0.2, -0.15) is 0 Å². The second-order valence-electron chi connectivity index (χ2n) is 10.2. The molecule has 1 fully saturated rings. The van der Waals surface area contributed by atoms with Crippen LogP contribution in [0.1, 0.15) is 41.5 Å². The Bertz CT molecular complexity index is 1360. The first-order chi connectivity index (χ1) is 18.6. The summed E-state index contributed by atoms with van der Waals surface area (Å²) in [5, 5.41) is 14.0. The minimum atomic E-state index is -0.275. The number of halogens is 2. The Kier molecular flexibility index (Phi) is 7.18. The van der Waals surface area contributed by atoms with Crippen molar-refractivity contribution >= 4 is 28.4 Å². The molecule has 0 spiro atoms. The van der Waals surface area contributed by atoms with Crippen molar-refractivity contribution in [3.05, 3.63) is 81.9 Å². The lowest BCUT2D eigenvalue weighted by Crippen LogP contribution is -2.26. The van der Waals surface area contributed by atoms with Gasteiger partial charge >= 0.3 is 0 Å². The van der Waals surface area contributed by atoms with E-state index in [1.165, 1.54) is 22.4 Å². The van der Waals surface area contributed by atoms with Crippen LogP contribution >= 0.6 is 11.6 Å². The zero-order valence-corrected chi connectivity index (χ0v) is 22.1. The summed E-state index contributed by atoms with van der Waals surface area (Å²) in [5.41, 5.74) is 7.84. The predicted octanol–water partition coefficient (Wildman–Crippen LogP) is 6.57. The molecule has 3 aromatic rings. The Morgan fingerprint density at radius 1 is 1.08 bits per heavy atom. The van der Waals surface area contributed by atoms with Crippen LogP contribution in [-0.4, -0.2) is 55.6 Å². The average molecular weight is 535 g/mol. The molecule has 3 aliphatic heterocycles. The number of fused-ring (bicyclic) bond motifs is 2. The van der Waals surface area contributed by atoms with Crippen LogP contribution in [0.25, 0.3) is 11.1 Å². The van der Waals surface area contributed by atoms with Gasteiger partial charge in [-0.25, -0.2) is 0 Å². The smallest absolute Gasteiger partial charge is 0.137 e. The summed E-state index contributed by atoms with van der Waals surface area (Å²) in [6.45, 7) is 3.75. The molecule has 3 aliphatic rings. The quantitative estimate of drug-likeness (QED) is 0.359. The van der Waals surface area contributed by atoms with Crippen LogP contribution in [0.15, 0.2) is 54.6 Å². The van der Waals surface area contributed by atoms with Crippen molar-refractivity contribution < 1.29 is 19.0 Å². The molecule has 5 nitrogen and oxygen atoms in total. The summed E-state index contributed by atoms with van der Waals surface area (Å²) in [5.74, 6) is 1.46. The number of nitrogens with one attached hydrogen (secondary N) is 1. The van der Waals surface area contributed by atoms with Crippen molar-refractivity contribution in [2.24, 2.45) is 0 Å². The molecule has 0 bridgehead atoms. The fraction of sp³-hybridized carbons (Fsp3) is 0.355. The van der Waals surface area contributed by atoms with Gasteiger partial charge in [0.05, 0.1) is 18.3 Å². The molecule has 0 aromatic heterocycles. The SMILES string of the molecule is Oc1cc2c(cc1Cl)C(c1ccc(O[C@H]3CCN(CCCF)C3)cc1)=C(c1ccc3c(c1)CCN3)CCO2. The van der Waals surface area contributed by atoms with Crippen LogP contribution in [0, 0.1) is 0 Å². The Hall–Kier alpha value is -3.22. The number of benzene rings is 3. The molecule has 1 saturated heterocycles. The first-order valence-corrected chi connectivity index (χ1v) is 13.8. The molecule has 0 amide bonds. The highest BCUT2D eigenvalue weighted by atomic mass is 35.5. The zero-order valence-electron chi connectivity index (χ0n) is 21.3. The minimum absolute atomic E-state index is 0.0118. The monoisotopic (exact) mass is 534 g/mol. The van der Waals surface area contributed by atoms with Crippen LogP contribution in [0.2, 0.25) is 5.02 Å². The standard InChI is InChI=1S/C31H32ClFN2O3/c32-27-17-26-30(18-29(27)36)37-15-10-25(21-4-7-28-22(16-21)8-12-34-28)31(26)20-2-5-23(6-3-20)38-24-9-14-35(19-24)13-1-11-33/h2-7,16-18,24,34,36H,1,8-15,19H2/t24-/m0/s1. The molecule has 6 rings (SSSR count). The summed E-state index contributed by atoms with van der Waals surface area (Å²) in [7, 11) is 0. The molecule has 7 heteroatoms. The van der Waals surface area contributed by atoms with Crippen LogP contribution < -0.4 is 14.8 Å². The van der Waals surface area contributed by atoms with Gasteiger partial charge in [0.2, 0.25) is 0 Å². The third kappa shape index (κ3) is 5.07. The molecule has 3 heterocycles. The molecular formula is C31H32ClFN2O3. The Morgan fingerprint density at radius 2 is 1.92 bits per heavy atom. The van der Waals surface area contributed by atoms with Gasteiger partial charge in [0.25, 0.3) is 0 Å². The number of hydrogen-bond acceptors (Lipinski definition) is 5. The fourth-order valence-corrected chi connectivity index (χ4v) is 5.96. The van der Waals surface area contributed by atoms with Gasteiger partial charge in [-0.1, -0.05) is 29.8 Å². The van der Waals surface area contributed by atoms with Gasteiger partial charge in [0.15, 0.2) is 0 Å². The summed E-state index contributed by atoms with van der Waals surface area (Å²) in [6, 6.07) is 18.2. The number of phenolic OH excluding ortho intramolecular Hbond substituents is 1. The normalized spacial score (nSPS) is 18.9. The highest BCUT2D eigenvalue weighted by molar-refractivity contribution is 6.32. The van der Waals surface area contributed by atoms with E-state index < -0.39 is 0 Å². The largest absolute Gasteiger partial charge is 0.506 e. The maximum absolute atomic E-state index is 12.5. The summed E-state index contributed by atoms with van der Waals surface area (Å²) in [4.78, 5) is 2.27. The molecular weight excluding hydrogens is 503 g/mol. The summed E-state index contributed by atoms with van der Waals surface area (Å²) < 4.78 is 24.9. The van der Waals surface area contributed by atoms with E-state index >= 15 is 0 Å². The summed E-state index contributed by atoms with van der Waals surface area (Å²) in [6.07, 6.45) is 3.38. The maximum atomic E-state index is 12.5. The summed E-state index contributed by atoms with van der Waals surface area (Å²) >= 11 is 6.40. The van der Waals surface area contributed by atoms with Gasteiger partial charge in [-0.05, 0) is 77.4 Å². The van der Waals surface area contributed by atoms with E-state index in [1.807, 2.05) is 12.1 Å². The third-order valence-corrected chi connectivity index (χ3v) is 7.98. The first kappa shape index (κ1) is 25.1. The Balaban J connectivity index is 1.36. The number of aromatic hydroxyl groups is 1. The second kappa shape index (κ2) is 10.9. The Labute approximate surface area is 227 Å². The van der Waals surface area contributed by atoms with E-state index in [1.54, 1.807) is 12.1 Å². The molecule has 2 N–H and O–H groups in total. The second-order valence-corrected chi connectivity index (χ2v) is 10.6. The molecule has 38 heavy (non-hydrogen) atoms. The number of likely N-dealkylation sites (tertiary alicyclic amines) is 1. The van der Waals surface area contributed by atoms with Crippen LogP contribution in [0.5, 0.6) is 17.2 Å². The average Bonchev–Trinajstić information content (AvgIpc) is 3.54. The van der Waals surface area contributed by atoms with E-state index in [0.29, 0.717) is 23.8 Å². The van der Waals surface area contributed by atoms with Gasteiger partial charge < -0.3 is 19.9 Å². The molecule has 0 aliphatic carbocycles. The molecule has 3 aromatic carbocycles. The fourth-order valence-electron chi connectivity index (χ4n) is 5.79. The molecule has 1 atom stereocenters. The van der Waals surface area contributed by atoms with E-state index in [9.17, 15) is 9.50 Å². The highest BCUT2D eigenvalue weighted by Gasteiger charge is 2.25. The maximum Gasteiger partial charge on any atom is 0.137 e. The van der Waals surface area contributed by atoms with Gasteiger partial charge in [0, 0.05) is 49.9 Å². The molecule has 198 valence electrons. The van der Waals surface area contributed by atoms with Gasteiger partial charge in [-0.3, -0.25) is 9.29 Å². The van der Waals surface area contributed by atoms with E-state index in [0.717, 1.165) is 67.9 Å². The molecule has 0 radical (unpaired) electrons. The molecule has 0 unspecified atom stereocenters. The lowest BCUT2D eigenvalue weighted by atomic mass is 9.87. The van der Waals surface area contributed by atoms with Gasteiger partial charge in [0.1, 0.15) is 23.4 Å². The number of nitrogens with zero attached hydrogens (tertiary/aromatic N) is 1. The lowest BCUT2D eigenvalue weighted by molar-refractivity contribution is 0.198. The number of anilines is 1. The topological polar surface area (TPSA) is 54.0 Å². The van der Waals surface area contributed by atoms with Crippen molar-refractivity contribution in [2.75, 3.05) is 44.8 Å². The highest BCUT2D eigenvalue weighted by Crippen LogP contribution is 2.45. The van der Waals surface area contributed by atoms with Crippen molar-refractivity contribution in [2.45, 2.75) is 31.8 Å². The van der Waals surface area contributed by atoms with Crippen molar-refractivity contribution in [3.63, 3.8) is 0 Å². The molecule has 0 saturated carbocycles.